The lowest BCUT2D eigenvalue weighted by molar-refractivity contribution is -0.134. The van der Waals surface area contributed by atoms with E-state index in [1.54, 1.807) is 0 Å². The van der Waals surface area contributed by atoms with E-state index in [1.165, 1.54) is 18.4 Å². The molecule has 0 aromatic carbocycles. The van der Waals surface area contributed by atoms with E-state index in [2.05, 4.69) is 21.2 Å². The first-order valence-corrected chi connectivity index (χ1v) is 3.63. The third kappa shape index (κ3) is 1.61. The average molecular weight is 220 g/mol. The van der Waals surface area contributed by atoms with Crippen molar-refractivity contribution in [2.75, 3.05) is 0 Å². The molecule has 1 atom stereocenters. The summed E-state index contributed by atoms with van der Waals surface area (Å²) in [6.07, 6.45) is 4.26. The number of alkyl halides is 1. The van der Waals surface area contributed by atoms with Gasteiger partial charge in [0.15, 0.2) is 0 Å². The normalized spacial score (nSPS) is 29.1. The maximum absolute atomic E-state index is 10.4. The van der Waals surface area contributed by atoms with E-state index < -0.39 is 10.6 Å². The number of hydrogen-bond acceptors (Lipinski definition) is 3. The van der Waals surface area contributed by atoms with Crippen molar-refractivity contribution in [3.05, 3.63) is 23.9 Å². The molecule has 1 aliphatic heterocycles. The Morgan fingerprint density at radius 3 is 2.73 bits per heavy atom. The lowest BCUT2D eigenvalue weighted by Crippen LogP contribution is -2.41. The zero-order chi connectivity index (χ0) is 8.48. The predicted molar refractivity (Wildman–Crippen MR) is 41.9 cm³/mol. The highest BCUT2D eigenvalue weighted by Crippen LogP contribution is 2.23. The second-order valence-electron chi connectivity index (χ2n) is 2.01. The SMILES string of the molecule is O=C(O)C1=CC=CNC1(O)Br. The monoisotopic (exact) mass is 219 g/mol. The van der Waals surface area contributed by atoms with Crippen molar-refractivity contribution in [3.63, 3.8) is 0 Å². The van der Waals surface area contributed by atoms with Crippen molar-refractivity contribution in [2.45, 2.75) is 4.63 Å². The Balaban J connectivity index is 2.97. The van der Waals surface area contributed by atoms with E-state index >= 15 is 0 Å². The van der Waals surface area contributed by atoms with E-state index in [4.69, 9.17) is 5.11 Å². The minimum atomic E-state index is -1.65. The highest BCUT2D eigenvalue weighted by molar-refractivity contribution is 9.10. The van der Waals surface area contributed by atoms with Gasteiger partial charge in [-0.15, -0.1) is 0 Å². The van der Waals surface area contributed by atoms with Crippen molar-refractivity contribution in [2.24, 2.45) is 0 Å². The number of dihydropyridines is 1. The van der Waals surface area contributed by atoms with Crippen LogP contribution in [0, 0.1) is 0 Å². The van der Waals surface area contributed by atoms with Crippen molar-refractivity contribution < 1.29 is 15.0 Å². The van der Waals surface area contributed by atoms with Crippen LogP contribution in [0.25, 0.3) is 0 Å². The molecule has 0 saturated carbocycles. The molecule has 0 spiro atoms. The van der Waals surface area contributed by atoms with E-state index in [1.807, 2.05) is 0 Å². The quantitative estimate of drug-likeness (QED) is 0.434. The van der Waals surface area contributed by atoms with Crippen LogP contribution >= 0.6 is 15.9 Å². The number of carboxylic acids is 1. The molecule has 0 bridgehead atoms. The number of rotatable bonds is 1. The lowest BCUT2D eigenvalue weighted by Gasteiger charge is -2.24. The maximum atomic E-state index is 10.4. The molecule has 3 N–H and O–H groups in total. The van der Waals surface area contributed by atoms with Crippen LogP contribution in [0.15, 0.2) is 23.9 Å². The summed E-state index contributed by atoms with van der Waals surface area (Å²) in [7, 11) is 0. The fraction of sp³-hybridized carbons (Fsp3) is 0.167. The van der Waals surface area contributed by atoms with Crippen LogP contribution in [0.4, 0.5) is 0 Å². The van der Waals surface area contributed by atoms with Gasteiger partial charge in [0, 0.05) is 0 Å². The van der Waals surface area contributed by atoms with Gasteiger partial charge < -0.3 is 15.5 Å². The molecule has 1 unspecified atom stereocenters. The van der Waals surface area contributed by atoms with Gasteiger partial charge in [0.25, 0.3) is 0 Å². The fourth-order valence-corrected chi connectivity index (χ4v) is 1.14. The Morgan fingerprint density at radius 2 is 2.36 bits per heavy atom. The van der Waals surface area contributed by atoms with Gasteiger partial charge in [-0.25, -0.2) is 4.79 Å². The number of nitrogens with one attached hydrogen (secondary N) is 1. The van der Waals surface area contributed by atoms with Crippen LogP contribution in [0.2, 0.25) is 0 Å². The number of hydrogen-bond donors (Lipinski definition) is 3. The van der Waals surface area contributed by atoms with Gasteiger partial charge in [-0.05, 0) is 34.3 Å². The number of aliphatic hydroxyl groups is 1. The molecule has 11 heavy (non-hydrogen) atoms. The minimum absolute atomic E-state index is 0.139. The Hall–Kier alpha value is -0.810. The molecule has 4 nitrogen and oxygen atoms in total. The van der Waals surface area contributed by atoms with E-state index in [0.717, 1.165) is 0 Å². The molecule has 0 aromatic heterocycles. The summed E-state index contributed by atoms with van der Waals surface area (Å²) < 4.78 is -1.65. The van der Waals surface area contributed by atoms with Gasteiger partial charge >= 0.3 is 5.97 Å². The van der Waals surface area contributed by atoms with Crippen LogP contribution in [0.3, 0.4) is 0 Å². The number of allylic oxidation sites excluding steroid dienone is 2. The van der Waals surface area contributed by atoms with Gasteiger partial charge in [0.1, 0.15) is 5.57 Å². The first kappa shape index (κ1) is 8.29. The summed E-state index contributed by atoms with van der Waals surface area (Å²) in [5.41, 5.74) is -0.139. The smallest absolute Gasteiger partial charge is 0.337 e. The van der Waals surface area contributed by atoms with E-state index in [0.29, 0.717) is 0 Å². The summed E-state index contributed by atoms with van der Waals surface area (Å²) in [4.78, 5) is 10.4. The number of carbonyl (C=O) groups is 1. The predicted octanol–water partition coefficient (Wildman–Crippen LogP) is 0.155. The van der Waals surface area contributed by atoms with Gasteiger partial charge in [0.05, 0.1) is 0 Å². The Labute approximate surface area is 71.3 Å². The second kappa shape index (κ2) is 2.67. The van der Waals surface area contributed by atoms with Gasteiger partial charge in [-0.1, -0.05) is 0 Å². The van der Waals surface area contributed by atoms with E-state index in [9.17, 15) is 9.90 Å². The third-order valence-corrected chi connectivity index (χ3v) is 1.88. The van der Waals surface area contributed by atoms with Gasteiger partial charge in [-0.3, -0.25) is 0 Å². The summed E-state index contributed by atoms with van der Waals surface area (Å²) >= 11 is 2.80. The minimum Gasteiger partial charge on any atom is -0.478 e. The third-order valence-electron chi connectivity index (χ3n) is 1.22. The zero-order valence-corrected chi connectivity index (χ0v) is 7.00. The van der Waals surface area contributed by atoms with Crippen molar-refractivity contribution in [3.8, 4) is 0 Å². The fourth-order valence-electron chi connectivity index (χ4n) is 0.704. The Kier molecular flexibility index (Phi) is 2.01. The zero-order valence-electron chi connectivity index (χ0n) is 5.41. The molecular formula is C6H6BrNO3. The van der Waals surface area contributed by atoms with Crippen molar-refractivity contribution >= 4 is 21.9 Å². The molecule has 0 aromatic rings. The maximum Gasteiger partial charge on any atom is 0.337 e. The van der Waals surface area contributed by atoms with Crippen LogP contribution in [-0.4, -0.2) is 20.8 Å². The molecule has 0 aliphatic carbocycles. The molecule has 1 heterocycles. The summed E-state index contributed by atoms with van der Waals surface area (Å²) in [6.45, 7) is 0. The molecule has 0 fully saturated rings. The molecule has 1 rings (SSSR count). The standard InChI is InChI=1S/C6H6BrNO3/c7-6(11)4(5(9)10)2-1-3-8-6/h1-3,8,11H,(H,9,10). The topological polar surface area (TPSA) is 69.6 Å². The number of halogens is 1. The molecule has 60 valence electrons. The van der Waals surface area contributed by atoms with Crippen molar-refractivity contribution in [1.29, 1.82) is 0 Å². The van der Waals surface area contributed by atoms with Crippen LogP contribution in [0.1, 0.15) is 0 Å². The average Bonchev–Trinajstić information content (AvgIpc) is 1.85. The highest BCUT2D eigenvalue weighted by Gasteiger charge is 2.32. The first-order valence-electron chi connectivity index (χ1n) is 2.83. The highest BCUT2D eigenvalue weighted by atomic mass is 79.9. The summed E-state index contributed by atoms with van der Waals surface area (Å²) in [6, 6.07) is 0. The van der Waals surface area contributed by atoms with Crippen LogP contribution < -0.4 is 5.32 Å². The lowest BCUT2D eigenvalue weighted by atomic mass is 10.2. The Morgan fingerprint density at radius 1 is 1.73 bits per heavy atom. The number of carboxylic acid groups (broad SMARTS) is 1. The molecule has 0 saturated heterocycles. The van der Waals surface area contributed by atoms with Gasteiger partial charge in [-0.2, -0.15) is 0 Å². The largest absolute Gasteiger partial charge is 0.478 e. The molecule has 5 heteroatoms. The number of aliphatic carboxylic acids is 1. The second-order valence-corrected chi connectivity index (χ2v) is 3.16. The molecule has 1 aliphatic rings. The van der Waals surface area contributed by atoms with Crippen molar-refractivity contribution in [1.82, 2.24) is 5.32 Å². The summed E-state index contributed by atoms with van der Waals surface area (Å²) in [5, 5.41) is 20.3. The molecule has 0 amide bonds. The van der Waals surface area contributed by atoms with Gasteiger partial charge in [0.2, 0.25) is 4.63 Å². The molecule has 0 radical (unpaired) electrons. The first-order chi connectivity index (χ1) is 5.04. The van der Waals surface area contributed by atoms with Crippen LogP contribution in [0.5, 0.6) is 0 Å². The van der Waals surface area contributed by atoms with Crippen LogP contribution in [-0.2, 0) is 4.79 Å². The Bertz CT molecular complexity index is 244. The summed E-state index contributed by atoms with van der Waals surface area (Å²) in [5.74, 6) is -1.17. The van der Waals surface area contributed by atoms with E-state index in [-0.39, 0.29) is 5.57 Å². The molecular weight excluding hydrogens is 214 g/mol.